The first-order valence-electron chi connectivity index (χ1n) is 28.0. The normalized spacial score (nSPS) is 20.6. The van der Waals surface area contributed by atoms with Gasteiger partial charge in [-0.15, -0.1) is 11.3 Å². The van der Waals surface area contributed by atoms with Gasteiger partial charge in [-0.25, -0.2) is 13.8 Å². The number of likely N-dealkylation sites (tertiary alicyclic amines) is 2. The highest BCUT2D eigenvalue weighted by atomic mass is 35.5. The maximum absolute atomic E-state index is 17.3. The van der Waals surface area contributed by atoms with E-state index in [2.05, 4.69) is 44.9 Å². The van der Waals surface area contributed by atoms with Gasteiger partial charge in [-0.1, -0.05) is 87.5 Å². The van der Waals surface area contributed by atoms with Crippen LogP contribution in [-0.4, -0.2) is 146 Å². The Hall–Kier alpha value is -7.35. The number of aryl methyl sites for hydroxylation is 1. The molecule has 83 heavy (non-hydrogen) atoms. The Bertz CT molecular complexity index is 3600. The van der Waals surface area contributed by atoms with E-state index in [1.54, 1.807) is 34.4 Å². The molecule has 6 aromatic rings. The lowest BCUT2D eigenvalue weighted by Crippen LogP contribution is -2.55. The number of aromatic nitrogens is 4. The van der Waals surface area contributed by atoms with E-state index in [9.17, 15) is 34.2 Å². The number of hydrogen-bond acceptors (Lipinski definition) is 16. The minimum Gasteiger partial charge on any atom is -0.475 e. The summed E-state index contributed by atoms with van der Waals surface area (Å²) in [6, 6.07) is 18.5. The predicted octanol–water partition coefficient (Wildman–Crippen LogP) is 7.14. The number of hydrogen-bond donors (Lipinski definition) is 3. The van der Waals surface area contributed by atoms with Crippen molar-refractivity contribution in [2.75, 3.05) is 63.9 Å². The third kappa shape index (κ3) is 12.6. The van der Waals surface area contributed by atoms with Crippen molar-refractivity contribution in [3.8, 4) is 28.4 Å². The first kappa shape index (κ1) is 58.8. The number of amides is 3. The molecule has 436 valence electrons. The summed E-state index contributed by atoms with van der Waals surface area (Å²) in [5.41, 5.74) is 5.00. The van der Waals surface area contributed by atoms with Crippen molar-refractivity contribution < 1.29 is 47.4 Å². The average molecular weight is 1170 g/mol. The number of nitrogens with one attached hydrogen (secondary N) is 1. The molecular weight excluding hydrogens is 1110 g/mol. The number of fused-ring (bicyclic) bond motifs is 2. The number of benzene rings is 3. The van der Waals surface area contributed by atoms with Gasteiger partial charge in [0.2, 0.25) is 11.8 Å². The minimum absolute atomic E-state index is 0.00280. The molecule has 1 aliphatic carbocycles. The van der Waals surface area contributed by atoms with Crippen molar-refractivity contribution in [3.63, 3.8) is 0 Å². The number of aliphatic hydroxyl groups excluding tert-OH is 2. The van der Waals surface area contributed by atoms with Gasteiger partial charge in [0.1, 0.15) is 29.9 Å². The fourth-order valence-electron chi connectivity index (χ4n) is 11.8. The van der Waals surface area contributed by atoms with Crippen LogP contribution in [0.25, 0.3) is 33.0 Å². The van der Waals surface area contributed by atoms with Crippen molar-refractivity contribution in [2.45, 2.75) is 103 Å². The van der Waals surface area contributed by atoms with E-state index < -0.39 is 47.8 Å². The molecule has 3 aromatic heterocycles. The molecule has 0 saturated carbocycles. The number of β-amino-alcohol motifs (C(OH)–C–C–N with tert-alkyl or cyclic N) is 1. The number of halogens is 3. The van der Waals surface area contributed by atoms with Crippen molar-refractivity contribution in [2.24, 2.45) is 11.3 Å². The molecule has 3 N–H and O–H groups in total. The van der Waals surface area contributed by atoms with Crippen LogP contribution in [0.4, 0.5) is 14.6 Å². The Balaban J connectivity index is 0.777. The predicted molar refractivity (Wildman–Crippen MR) is 310 cm³/mol. The number of piperidine rings is 1. The molecule has 4 aliphatic rings. The van der Waals surface area contributed by atoms with E-state index >= 15 is 4.39 Å². The number of thiazole rings is 1. The fourth-order valence-corrected chi connectivity index (χ4v) is 12.9. The minimum atomic E-state index is -1.14. The zero-order valence-electron chi connectivity index (χ0n) is 47.0. The van der Waals surface area contributed by atoms with E-state index in [4.69, 9.17) is 30.6 Å². The maximum Gasteiger partial charge on any atom is 0.319 e. The molecule has 3 fully saturated rings. The molecule has 6 heterocycles. The van der Waals surface area contributed by atoms with Crippen molar-refractivity contribution in [3.05, 3.63) is 122 Å². The van der Waals surface area contributed by atoms with Crippen LogP contribution >= 0.6 is 22.9 Å². The number of aliphatic hydroxyl groups is 2. The third-order valence-electron chi connectivity index (χ3n) is 16.5. The lowest BCUT2D eigenvalue weighted by Gasteiger charge is -2.41. The van der Waals surface area contributed by atoms with Gasteiger partial charge in [-0.2, -0.15) is 15.2 Å². The van der Waals surface area contributed by atoms with Crippen LogP contribution in [0, 0.1) is 35.4 Å². The SMILES string of the molecule is C=C(F)C(=O)N1CCN(c2nc(OCCN3CCC(C)(COc4cc([C@H](C(=O)N5C[C@H](O)C[C@H]5C(=O)N[C@@H](C)c5ccc(-c6scnc6C)cc5)C(C)C)on4)CC3)nc3c(F)c(C4=c5ccccc5=C[C@@H](O)C4)c(Cl)cc23)C[C@@H]1CC#N. The van der Waals surface area contributed by atoms with Crippen LogP contribution < -0.4 is 30.1 Å². The molecule has 0 bridgehead atoms. The zero-order chi connectivity index (χ0) is 58.9. The summed E-state index contributed by atoms with van der Waals surface area (Å²) in [5, 5.41) is 40.4. The Morgan fingerprint density at radius 3 is 2.49 bits per heavy atom. The molecule has 22 heteroatoms. The Morgan fingerprint density at radius 2 is 1.78 bits per heavy atom. The first-order valence-corrected chi connectivity index (χ1v) is 29.2. The van der Waals surface area contributed by atoms with Gasteiger partial charge in [0.05, 0.1) is 64.5 Å². The molecule has 10 rings (SSSR count). The number of piperazine rings is 1. The number of carbonyl (C=O) groups is 3. The second-order valence-electron chi connectivity index (χ2n) is 22.7. The molecule has 3 saturated heterocycles. The van der Waals surface area contributed by atoms with Gasteiger partial charge < -0.3 is 44.2 Å². The second-order valence-corrected chi connectivity index (χ2v) is 24.0. The summed E-state index contributed by atoms with van der Waals surface area (Å²) in [5.74, 6) is -3.72. The lowest BCUT2D eigenvalue weighted by molar-refractivity contribution is -0.141. The van der Waals surface area contributed by atoms with Gasteiger partial charge in [-0.3, -0.25) is 19.3 Å². The molecule has 3 amide bonds. The van der Waals surface area contributed by atoms with Crippen LogP contribution in [0.2, 0.25) is 5.02 Å². The van der Waals surface area contributed by atoms with Crippen molar-refractivity contribution in [1.82, 2.24) is 40.1 Å². The molecule has 0 unspecified atom stereocenters. The zero-order valence-corrected chi connectivity index (χ0v) is 48.6. The lowest BCUT2D eigenvalue weighted by atomic mass is 9.81. The van der Waals surface area contributed by atoms with Crippen LogP contribution in [-0.2, 0) is 14.4 Å². The molecule has 0 spiro atoms. The van der Waals surface area contributed by atoms with Crippen LogP contribution in [0.1, 0.15) is 94.3 Å². The fraction of sp³-hybridized carbons (Fsp3) is 0.443. The molecular formula is C61H67ClF2N10O8S. The van der Waals surface area contributed by atoms with E-state index in [1.165, 1.54) is 9.80 Å². The smallest absolute Gasteiger partial charge is 0.319 e. The highest BCUT2D eigenvalue weighted by Gasteiger charge is 2.44. The summed E-state index contributed by atoms with van der Waals surface area (Å²) in [6.45, 7) is 15.6. The third-order valence-corrected chi connectivity index (χ3v) is 17.8. The highest BCUT2D eigenvalue weighted by molar-refractivity contribution is 7.13. The number of rotatable bonds is 18. The number of ether oxygens (including phenoxy) is 2. The number of nitrogens with zero attached hydrogens (tertiary/aromatic N) is 9. The van der Waals surface area contributed by atoms with Gasteiger partial charge in [0, 0.05) is 68.0 Å². The summed E-state index contributed by atoms with van der Waals surface area (Å²) in [7, 11) is 0. The number of nitriles is 1. The topological polar surface area (TPSA) is 224 Å². The van der Waals surface area contributed by atoms with Crippen molar-refractivity contribution >= 4 is 69.0 Å². The van der Waals surface area contributed by atoms with Gasteiger partial charge in [0.25, 0.3) is 11.8 Å². The molecule has 6 atom stereocenters. The molecule has 0 radical (unpaired) electrons. The van der Waals surface area contributed by atoms with Gasteiger partial charge >= 0.3 is 6.01 Å². The average Bonchev–Trinajstić information content (AvgIpc) is 3.96. The Kier molecular flexibility index (Phi) is 17.6. The van der Waals surface area contributed by atoms with E-state index in [-0.39, 0.29) is 120 Å². The quantitative estimate of drug-likeness (QED) is 0.0728. The summed E-state index contributed by atoms with van der Waals surface area (Å²) in [4.78, 5) is 62.6. The Morgan fingerprint density at radius 1 is 1.02 bits per heavy atom. The monoisotopic (exact) mass is 1170 g/mol. The van der Waals surface area contributed by atoms with E-state index in [0.717, 1.165) is 45.0 Å². The van der Waals surface area contributed by atoms with Gasteiger partial charge in [-0.05, 0) is 90.1 Å². The number of anilines is 1. The van der Waals surface area contributed by atoms with Crippen LogP contribution in [0.15, 0.2) is 83.1 Å². The van der Waals surface area contributed by atoms with E-state index in [0.29, 0.717) is 37.6 Å². The van der Waals surface area contributed by atoms with Crippen LogP contribution in [0.3, 0.4) is 0 Å². The van der Waals surface area contributed by atoms with Crippen molar-refractivity contribution in [1.29, 1.82) is 5.26 Å². The van der Waals surface area contributed by atoms with Crippen LogP contribution in [0.5, 0.6) is 11.9 Å². The summed E-state index contributed by atoms with van der Waals surface area (Å²) in [6.07, 6.45) is 1.58. The second kappa shape index (κ2) is 24.9. The Labute approximate surface area is 488 Å². The number of carbonyl (C=O) groups excluding carboxylic acids is 3. The van der Waals surface area contributed by atoms with E-state index in [1.807, 2.05) is 81.7 Å². The highest BCUT2D eigenvalue weighted by Crippen LogP contribution is 2.40. The first-order chi connectivity index (χ1) is 39.8. The standard InChI is InChI=1S/C61H67ClF2N10O8S/c1-34(2)51(59(79)74-31-43(76)27-48(74)57(77)67-36(4)38-11-13-39(14-12-38)55-37(5)66-33-83-55)49-29-50(70-82-49)81-32-61(6)16-19-71(20-17-61)23-24-80-60-68-54-46(56(69-60)72-21-22-73(58(78)35(3)63)41(30-72)15-18-65)28-47(62)52(53(54)64)45-26-42(75)25-40-9-7-8-10-44(40)45/h7-14,25,28-29,33-34,36,41-43,48,51,75-76H,3,15-17,19-24,26-27,30-32H2,1-2,4-6H3,(H,67,77)/t36-,41-,42+,43+,48-,51+/m0/s1. The van der Waals surface area contributed by atoms with Gasteiger partial charge in [0.15, 0.2) is 17.4 Å². The largest absolute Gasteiger partial charge is 0.475 e. The molecule has 3 aliphatic heterocycles. The summed E-state index contributed by atoms with van der Waals surface area (Å²) >= 11 is 8.55. The maximum atomic E-state index is 17.3. The molecule has 3 aromatic carbocycles. The molecule has 18 nitrogen and oxygen atoms in total. The summed E-state index contributed by atoms with van der Waals surface area (Å²) < 4.78 is 49.8.